The zero-order chi connectivity index (χ0) is 23.6. The number of fused-ring (bicyclic) bond motifs is 2. The number of piperazine rings is 1. The predicted octanol–water partition coefficient (Wildman–Crippen LogP) is 3.90. The van der Waals surface area contributed by atoms with Crippen molar-refractivity contribution in [2.45, 2.75) is 0 Å². The third-order valence-electron chi connectivity index (χ3n) is 6.26. The van der Waals surface area contributed by atoms with E-state index in [4.69, 9.17) is 9.72 Å². The van der Waals surface area contributed by atoms with Crippen molar-refractivity contribution in [2.75, 3.05) is 39.3 Å². The van der Waals surface area contributed by atoms with Crippen molar-refractivity contribution < 1.29 is 4.74 Å². The van der Waals surface area contributed by atoms with Gasteiger partial charge >= 0.3 is 0 Å². The summed E-state index contributed by atoms with van der Waals surface area (Å²) in [6.45, 7) is 5.82. The minimum Gasteiger partial charge on any atom is -0.491 e. The fraction of sp³-hybridized carbons (Fsp3) is 0.231. The van der Waals surface area contributed by atoms with E-state index in [1.165, 1.54) is 0 Å². The Labute approximate surface area is 216 Å². The predicted molar refractivity (Wildman–Crippen MR) is 144 cm³/mol. The van der Waals surface area contributed by atoms with E-state index in [2.05, 4.69) is 60.0 Å². The largest absolute Gasteiger partial charge is 0.491 e. The Hall–Kier alpha value is -3.15. The van der Waals surface area contributed by atoms with Crippen LogP contribution >= 0.6 is 22.6 Å². The number of aromatic nitrogens is 5. The zero-order valence-corrected chi connectivity index (χ0v) is 21.2. The maximum Gasteiger partial charge on any atom is 0.162 e. The molecule has 1 aromatic carbocycles. The summed E-state index contributed by atoms with van der Waals surface area (Å²) in [4.78, 5) is 16.4. The lowest BCUT2D eigenvalue weighted by molar-refractivity contribution is 0.191. The molecule has 1 saturated heterocycles. The zero-order valence-electron chi connectivity index (χ0n) is 19.1. The van der Waals surface area contributed by atoms with Crippen molar-refractivity contribution in [2.24, 2.45) is 0 Å². The van der Waals surface area contributed by atoms with Crippen LogP contribution in [0.5, 0.6) is 5.75 Å². The van der Waals surface area contributed by atoms with E-state index in [0.717, 1.165) is 81.1 Å². The van der Waals surface area contributed by atoms with Crippen molar-refractivity contribution in [1.29, 1.82) is 0 Å². The fourth-order valence-electron chi connectivity index (χ4n) is 4.43. The number of nitrogens with zero attached hydrogens (tertiary/aromatic N) is 6. The topological polar surface area (TPSA) is 80.5 Å². The number of halogens is 1. The maximum absolute atomic E-state index is 5.90. The Balaban J connectivity index is 1.21. The van der Waals surface area contributed by atoms with E-state index < -0.39 is 0 Å². The molecule has 9 heteroatoms. The van der Waals surface area contributed by atoms with E-state index in [1.807, 2.05) is 53.4 Å². The van der Waals surface area contributed by atoms with Gasteiger partial charge in [-0.25, -0.2) is 14.5 Å². The van der Waals surface area contributed by atoms with E-state index in [1.54, 1.807) is 6.20 Å². The fourth-order valence-corrected chi connectivity index (χ4v) is 4.87. The molecule has 0 unspecified atom stereocenters. The third kappa shape index (κ3) is 4.71. The monoisotopic (exact) mass is 577 g/mol. The molecule has 0 bridgehead atoms. The van der Waals surface area contributed by atoms with E-state index >= 15 is 0 Å². The van der Waals surface area contributed by atoms with Crippen LogP contribution in [0.25, 0.3) is 38.9 Å². The highest BCUT2D eigenvalue weighted by atomic mass is 127. The first-order valence-corrected chi connectivity index (χ1v) is 12.7. The van der Waals surface area contributed by atoms with Gasteiger partial charge in [-0.05, 0) is 58.5 Å². The highest BCUT2D eigenvalue weighted by molar-refractivity contribution is 14.1. The number of hydrogen-bond donors (Lipinski definition) is 1. The van der Waals surface area contributed by atoms with Crippen molar-refractivity contribution in [3.63, 3.8) is 0 Å². The third-order valence-corrected chi connectivity index (χ3v) is 6.86. The summed E-state index contributed by atoms with van der Waals surface area (Å²) >= 11 is 2.24. The molecular formula is C26H24IN7O. The van der Waals surface area contributed by atoms with Crippen molar-refractivity contribution in [3.8, 4) is 28.1 Å². The molecule has 5 aromatic rings. The van der Waals surface area contributed by atoms with Gasteiger partial charge in [0.25, 0.3) is 0 Å². The molecule has 5 heterocycles. The summed E-state index contributed by atoms with van der Waals surface area (Å²) in [5.74, 6) is 0.776. The van der Waals surface area contributed by atoms with Crippen LogP contribution in [0.15, 0.2) is 67.3 Å². The Kier molecular flexibility index (Phi) is 6.28. The average molecular weight is 577 g/mol. The smallest absolute Gasteiger partial charge is 0.162 e. The molecule has 0 aliphatic carbocycles. The first-order valence-electron chi connectivity index (χ1n) is 11.7. The molecule has 0 saturated carbocycles. The van der Waals surface area contributed by atoms with Crippen molar-refractivity contribution in [3.05, 3.63) is 71.0 Å². The molecule has 176 valence electrons. The molecule has 1 aliphatic heterocycles. The summed E-state index contributed by atoms with van der Waals surface area (Å²) in [5.41, 5.74) is 5.54. The summed E-state index contributed by atoms with van der Waals surface area (Å²) in [7, 11) is 0. The quantitative estimate of drug-likeness (QED) is 0.242. The number of ether oxygens (including phenoxy) is 1. The first kappa shape index (κ1) is 22.3. The second-order valence-corrected chi connectivity index (χ2v) is 9.60. The summed E-state index contributed by atoms with van der Waals surface area (Å²) in [6.07, 6.45) is 7.45. The molecule has 0 spiro atoms. The summed E-state index contributed by atoms with van der Waals surface area (Å²) in [5, 5.41) is 9.03. The summed E-state index contributed by atoms with van der Waals surface area (Å²) in [6, 6.07) is 14.2. The van der Waals surface area contributed by atoms with Gasteiger partial charge in [0, 0.05) is 61.6 Å². The molecule has 4 aromatic heterocycles. The average Bonchev–Trinajstić information content (AvgIpc) is 3.32. The van der Waals surface area contributed by atoms with Gasteiger partial charge in [0.1, 0.15) is 16.1 Å². The SMILES string of the molecule is Ic1ccc2c(-c3cnn4cc(-c5ccc(OCCN6CCNCC6)cn5)cnc34)cccc2n1. The number of nitrogens with one attached hydrogen (secondary N) is 1. The van der Waals surface area contributed by atoms with E-state index in [-0.39, 0.29) is 0 Å². The van der Waals surface area contributed by atoms with Gasteiger partial charge in [-0.3, -0.25) is 9.88 Å². The van der Waals surface area contributed by atoms with Gasteiger partial charge in [0.05, 0.1) is 23.6 Å². The van der Waals surface area contributed by atoms with Gasteiger partial charge in [-0.2, -0.15) is 5.10 Å². The summed E-state index contributed by atoms with van der Waals surface area (Å²) < 4.78 is 8.68. The Morgan fingerprint density at radius 2 is 1.86 bits per heavy atom. The van der Waals surface area contributed by atoms with Crippen LogP contribution in [-0.2, 0) is 0 Å². The van der Waals surface area contributed by atoms with E-state index in [9.17, 15) is 0 Å². The normalized spacial score (nSPS) is 14.5. The molecule has 1 N–H and O–H groups in total. The Morgan fingerprint density at radius 3 is 2.71 bits per heavy atom. The molecule has 35 heavy (non-hydrogen) atoms. The highest BCUT2D eigenvalue weighted by Crippen LogP contribution is 2.31. The lowest BCUT2D eigenvalue weighted by atomic mass is 10.0. The number of rotatable bonds is 6. The molecule has 8 nitrogen and oxygen atoms in total. The first-order chi connectivity index (χ1) is 17.2. The molecule has 0 radical (unpaired) electrons. The second-order valence-electron chi connectivity index (χ2n) is 8.49. The minimum absolute atomic E-state index is 0.660. The standard InChI is InChI=1S/C26H24IN7O/c27-25-7-5-21-20(2-1-3-24(21)32-25)22-16-31-34-17-18(14-30-26(22)34)23-6-4-19(15-29-23)35-13-12-33-10-8-28-9-11-33/h1-7,14-17,28H,8-13H2. The van der Waals surface area contributed by atoms with Crippen LogP contribution in [0, 0.1) is 3.70 Å². The van der Waals surface area contributed by atoms with Crippen LogP contribution in [-0.4, -0.2) is 68.8 Å². The molecule has 0 atom stereocenters. The highest BCUT2D eigenvalue weighted by Gasteiger charge is 2.13. The Morgan fingerprint density at radius 1 is 0.943 bits per heavy atom. The lowest BCUT2D eigenvalue weighted by Crippen LogP contribution is -2.44. The Bertz CT molecular complexity index is 1480. The van der Waals surface area contributed by atoms with E-state index in [0.29, 0.717) is 6.61 Å². The lowest BCUT2D eigenvalue weighted by Gasteiger charge is -2.26. The molecule has 1 aliphatic rings. The number of hydrogen-bond acceptors (Lipinski definition) is 7. The van der Waals surface area contributed by atoms with Gasteiger partial charge in [-0.15, -0.1) is 0 Å². The molecule has 1 fully saturated rings. The van der Waals surface area contributed by atoms with Crippen molar-refractivity contribution >= 4 is 39.1 Å². The number of pyridine rings is 2. The van der Waals surface area contributed by atoms with Gasteiger partial charge < -0.3 is 10.1 Å². The number of benzene rings is 1. The maximum atomic E-state index is 5.90. The van der Waals surface area contributed by atoms with Crippen LogP contribution in [0.2, 0.25) is 0 Å². The molecule has 6 rings (SSSR count). The molecular weight excluding hydrogens is 553 g/mol. The van der Waals surface area contributed by atoms with Crippen LogP contribution in [0.1, 0.15) is 0 Å². The second kappa shape index (κ2) is 9.84. The van der Waals surface area contributed by atoms with Crippen molar-refractivity contribution in [1.82, 2.24) is 34.8 Å². The van der Waals surface area contributed by atoms with Gasteiger partial charge in [0.2, 0.25) is 0 Å². The van der Waals surface area contributed by atoms with Crippen LogP contribution < -0.4 is 10.1 Å². The minimum atomic E-state index is 0.660. The van der Waals surface area contributed by atoms with Gasteiger partial charge in [0.15, 0.2) is 5.65 Å². The molecule has 0 amide bonds. The van der Waals surface area contributed by atoms with Crippen LogP contribution in [0.4, 0.5) is 0 Å². The van der Waals surface area contributed by atoms with Gasteiger partial charge in [-0.1, -0.05) is 12.1 Å². The van der Waals surface area contributed by atoms with Crippen LogP contribution in [0.3, 0.4) is 0 Å².